The minimum Gasteiger partial charge on any atom is -0.462 e. The fraction of sp³-hybridized carbons (Fsp3) is 0.913. The Morgan fingerprint density at radius 2 is 1.14 bits per heavy atom. The third kappa shape index (κ3) is 18.6. The van der Waals surface area contributed by atoms with E-state index in [1.165, 1.54) is 71.1 Å². The zero-order chi connectivity index (χ0) is 21.7. The molecule has 0 bridgehead atoms. The van der Waals surface area contributed by atoms with Gasteiger partial charge in [-0.1, -0.05) is 84.0 Å². The third-order valence-corrected chi connectivity index (χ3v) is 5.06. The highest BCUT2D eigenvalue weighted by Gasteiger charge is 2.20. The smallest absolute Gasteiger partial charge is 0.309 e. The molecule has 172 valence electrons. The first-order valence-corrected chi connectivity index (χ1v) is 11.6. The Hall–Kier alpha value is -1.14. The number of aliphatic hydroxyl groups is 2. The molecule has 1 atom stereocenters. The van der Waals surface area contributed by atoms with Crippen molar-refractivity contribution >= 4 is 11.9 Å². The second-order valence-corrected chi connectivity index (χ2v) is 7.94. The second kappa shape index (κ2) is 20.1. The van der Waals surface area contributed by atoms with Crippen LogP contribution in [-0.2, 0) is 19.1 Å². The minimum atomic E-state index is -0.920. The average Bonchev–Trinajstić information content (AvgIpc) is 2.69. The summed E-state index contributed by atoms with van der Waals surface area (Å²) >= 11 is 0. The Morgan fingerprint density at radius 1 is 0.690 bits per heavy atom. The molecule has 0 aliphatic heterocycles. The molecule has 6 heteroatoms. The highest BCUT2D eigenvalue weighted by Crippen LogP contribution is 2.16. The van der Waals surface area contributed by atoms with Gasteiger partial charge in [-0.05, 0) is 12.8 Å². The van der Waals surface area contributed by atoms with E-state index in [0.717, 1.165) is 19.3 Å². The molecule has 0 saturated carbocycles. The van der Waals surface area contributed by atoms with E-state index < -0.39 is 37.4 Å². The fourth-order valence-corrected chi connectivity index (χ4v) is 3.38. The molecule has 0 heterocycles. The van der Waals surface area contributed by atoms with Gasteiger partial charge in [-0.15, -0.1) is 0 Å². The molecule has 29 heavy (non-hydrogen) atoms. The molecule has 0 aliphatic rings. The minimum absolute atomic E-state index is 0.0473. The molecule has 0 aliphatic carbocycles. The number of ether oxygens (including phenoxy) is 2. The van der Waals surface area contributed by atoms with Crippen molar-refractivity contribution in [3.05, 3.63) is 0 Å². The number of aliphatic hydroxyl groups excluding tert-OH is 2. The normalized spacial score (nSPS) is 12.2. The van der Waals surface area contributed by atoms with Gasteiger partial charge in [0.15, 0.2) is 0 Å². The molecule has 0 aromatic rings. The van der Waals surface area contributed by atoms with Crippen LogP contribution in [0.25, 0.3) is 0 Å². The van der Waals surface area contributed by atoms with Crippen molar-refractivity contribution in [3.8, 4) is 0 Å². The van der Waals surface area contributed by atoms with Gasteiger partial charge in [0.25, 0.3) is 0 Å². The van der Waals surface area contributed by atoms with Crippen LogP contribution in [0, 0.1) is 0 Å². The number of rotatable bonds is 20. The van der Waals surface area contributed by atoms with Crippen molar-refractivity contribution in [2.45, 2.75) is 122 Å². The van der Waals surface area contributed by atoms with Gasteiger partial charge in [0, 0.05) is 6.92 Å². The third-order valence-electron chi connectivity index (χ3n) is 5.06. The number of hydrogen-bond donors (Lipinski definition) is 2. The zero-order valence-electron chi connectivity index (χ0n) is 18.7. The van der Waals surface area contributed by atoms with Gasteiger partial charge in [-0.2, -0.15) is 0 Å². The first-order valence-electron chi connectivity index (χ1n) is 11.6. The van der Waals surface area contributed by atoms with Gasteiger partial charge in [0.2, 0.25) is 0 Å². The maximum absolute atomic E-state index is 11.9. The van der Waals surface area contributed by atoms with Crippen LogP contribution in [0.4, 0.5) is 0 Å². The van der Waals surface area contributed by atoms with E-state index in [4.69, 9.17) is 19.7 Å². The van der Waals surface area contributed by atoms with Crippen LogP contribution in [0.15, 0.2) is 0 Å². The summed E-state index contributed by atoms with van der Waals surface area (Å²) in [4.78, 5) is 23.1. The SMILES string of the molecule is CCCCCCCCCCCCCCC[C@H](CC(=O)OC(CO)CO)OC(C)=O. The van der Waals surface area contributed by atoms with Crippen molar-refractivity contribution in [1.82, 2.24) is 0 Å². The van der Waals surface area contributed by atoms with E-state index in [0.29, 0.717) is 6.42 Å². The standard InChI is InChI=1S/C23H44O6/c1-3-4-5-6-7-8-9-10-11-12-13-14-15-16-21(28-20(2)26)17-23(27)29-22(18-24)19-25/h21-22,24-25H,3-19H2,1-2H3/t21-/m1/s1. The average molecular weight is 417 g/mol. The lowest BCUT2D eigenvalue weighted by atomic mass is 10.0. The fourth-order valence-electron chi connectivity index (χ4n) is 3.38. The summed E-state index contributed by atoms with van der Waals surface area (Å²) in [7, 11) is 0. The summed E-state index contributed by atoms with van der Waals surface area (Å²) in [5, 5.41) is 17.9. The predicted octanol–water partition coefficient (Wildman–Crippen LogP) is 4.69. The summed E-state index contributed by atoms with van der Waals surface area (Å²) in [6, 6.07) is 0. The van der Waals surface area contributed by atoms with Crippen molar-refractivity contribution < 1.29 is 29.3 Å². The van der Waals surface area contributed by atoms with Crippen LogP contribution in [0.2, 0.25) is 0 Å². The number of carbonyl (C=O) groups excluding carboxylic acids is 2. The van der Waals surface area contributed by atoms with Gasteiger partial charge in [-0.3, -0.25) is 9.59 Å². The molecule has 0 spiro atoms. The highest BCUT2D eigenvalue weighted by atomic mass is 16.6. The van der Waals surface area contributed by atoms with Gasteiger partial charge in [0.05, 0.1) is 19.6 Å². The molecule has 0 aromatic heterocycles. The van der Waals surface area contributed by atoms with E-state index in [2.05, 4.69) is 6.92 Å². The summed E-state index contributed by atoms with van der Waals surface area (Å²) in [5.41, 5.74) is 0. The number of carbonyl (C=O) groups is 2. The first-order chi connectivity index (χ1) is 14.0. The Balaban J connectivity index is 3.76. The van der Waals surface area contributed by atoms with Crippen molar-refractivity contribution in [3.63, 3.8) is 0 Å². The molecular weight excluding hydrogens is 372 g/mol. The first kappa shape index (κ1) is 27.9. The molecule has 0 saturated heterocycles. The Kier molecular flexibility index (Phi) is 19.4. The second-order valence-electron chi connectivity index (χ2n) is 7.94. The van der Waals surface area contributed by atoms with E-state index in [1.54, 1.807) is 0 Å². The van der Waals surface area contributed by atoms with E-state index in [-0.39, 0.29) is 6.42 Å². The van der Waals surface area contributed by atoms with Crippen molar-refractivity contribution in [2.75, 3.05) is 13.2 Å². The molecule has 6 nitrogen and oxygen atoms in total. The molecule has 0 unspecified atom stereocenters. The molecule has 0 radical (unpaired) electrons. The lowest BCUT2D eigenvalue weighted by Crippen LogP contribution is -2.29. The summed E-state index contributed by atoms with van der Waals surface area (Å²) in [5.74, 6) is -0.989. The van der Waals surface area contributed by atoms with E-state index >= 15 is 0 Å². The molecule has 0 rings (SSSR count). The van der Waals surface area contributed by atoms with Crippen molar-refractivity contribution in [1.29, 1.82) is 0 Å². The van der Waals surface area contributed by atoms with Gasteiger partial charge >= 0.3 is 11.9 Å². The van der Waals surface area contributed by atoms with Crippen LogP contribution in [0.1, 0.15) is 110 Å². The van der Waals surface area contributed by atoms with Crippen LogP contribution in [-0.4, -0.2) is 47.6 Å². The topological polar surface area (TPSA) is 93.1 Å². The number of esters is 2. The number of unbranched alkanes of at least 4 members (excludes halogenated alkanes) is 12. The van der Waals surface area contributed by atoms with Gasteiger partial charge in [0.1, 0.15) is 12.2 Å². The summed E-state index contributed by atoms with van der Waals surface area (Å²) in [6.07, 6.45) is 15.6. The summed E-state index contributed by atoms with van der Waals surface area (Å²) in [6.45, 7) is 2.71. The monoisotopic (exact) mass is 416 g/mol. The largest absolute Gasteiger partial charge is 0.462 e. The van der Waals surface area contributed by atoms with Crippen molar-refractivity contribution in [2.24, 2.45) is 0 Å². The van der Waals surface area contributed by atoms with Crippen LogP contribution in [0.5, 0.6) is 0 Å². The van der Waals surface area contributed by atoms with Crippen LogP contribution < -0.4 is 0 Å². The molecular formula is C23H44O6. The molecule has 0 fully saturated rings. The zero-order valence-corrected chi connectivity index (χ0v) is 18.7. The maximum Gasteiger partial charge on any atom is 0.309 e. The predicted molar refractivity (Wildman–Crippen MR) is 115 cm³/mol. The highest BCUT2D eigenvalue weighted by molar-refractivity contribution is 5.71. The molecule has 0 aromatic carbocycles. The molecule has 2 N–H and O–H groups in total. The van der Waals surface area contributed by atoms with Gasteiger partial charge < -0.3 is 19.7 Å². The van der Waals surface area contributed by atoms with Gasteiger partial charge in [-0.25, -0.2) is 0 Å². The quantitative estimate of drug-likeness (QED) is 0.221. The Labute approximate surface area is 177 Å². The van der Waals surface area contributed by atoms with E-state index in [9.17, 15) is 9.59 Å². The lowest BCUT2D eigenvalue weighted by Gasteiger charge is -2.18. The Bertz CT molecular complexity index is 395. The van der Waals surface area contributed by atoms with Crippen LogP contribution in [0.3, 0.4) is 0 Å². The van der Waals surface area contributed by atoms with E-state index in [1.807, 2.05) is 0 Å². The molecule has 0 amide bonds. The lowest BCUT2D eigenvalue weighted by molar-refractivity contribution is -0.160. The van der Waals surface area contributed by atoms with Crippen LogP contribution >= 0.6 is 0 Å². The maximum atomic E-state index is 11.9. The summed E-state index contributed by atoms with van der Waals surface area (Å²) < 4.78 is 10.2. The number of hydrogen-bond acceptors (Lipinski definition) is 6. The Morgan fingerprint density at radius 3 is 1.55 bits per heavy atom.